The molecule has 1 saturated heterocycles. The number of benzene rings is 1. The second kappa shape index (κ2) is 6.02. The van der Waals surface area contributed by atoms with E-state index < -0.39 is 12.2 Å². The van der Waals surface area contributed by atoms with Gasteiger partial charge in [-0.1, -0.05) is 22.0 Å². The first-order valence-electron chi connectivity index (χ1n) is 6.91. The van der Waals surface area contributed by atoms with Crippen molar-refractivity contribution in [3.63, 3.8) is 0 Å². The lowest BCUT2D eigenvalue weighted by Gasteiger charge is -2.22. The molecule has 0 aliphatic carbocycles. The average molecular weight is 343 g/mol. The lowest BCUT2D eigenvalue weighted by Crippen LogP contribution is -2.35. The van der Waals surface area contributed by atoms with Gasteiger partial charge in [0.1, 0.15) is 0 Å². The summed E-state index contributed by atoms with van der Waals surface area (Å²) in [6, 6.07) is 6.16. The molecule has 1 aliphatic heterocycles. The van der Waals surface area contributed by atoms with Gasteiger partial charge in [0.05, 0.1) is 12.2 Å². The van der Waals surface area contributed by atoms with Gasteiger partial charge in [0.2, 0.25) is 0 Å². The molecule has 2 unspecified atom stereocenters. The molecule has 0 saturated carbocycles. The number of halogens is 1. The summed E-state index contributed by atoms with van der Waals surface area (Å²) in [5.41, 5.74) is 2.30. The van der Waals surface area contributed by atoms with Crippen molar-refractivity contribution in [2.75, 3.05) is 18.0 Å². The number of β-amino-alcohol motifs (C(OH)–C–C–N with tert-alkyl or cyclic N) is 2. The third-order valence-electron chi connectivity index (χ3n) is 3.47. The molecule has 1 aromatic carbocycles. The van der Waals surface area contributed by atoms with Gasteiger partial charge in [0.15, 0.2) is 0 Å². The number of rotatable bonds is 3. The van der Waals surface area contributed by atoms with E-state index in [1.54, 1.807) is 0 Å². The van der Waals surface area contributed by atoms with Crippen LogP contribution in [0, 0.1) is 0 Å². The predicted octanol–water partition coefficient (Wildman–Crippen LogP) is 1.88. The number of aliphatic hydroxyl groups excluding tert-OH is 2. The second-order valence-electron chi connectivity index (χ2n) is 6.42. The normalized spacial score (nSPS) is 23.4. The Morgan fingerprint density at radius 2 is 1.85 bits per heavy atom. The molecule has 0 spiro atoms. The standard InChI is InChI=1S/C15H23BrN2O2/c1-15(2,3)17-7-10-4-5-11(6-12(10)16)18-8-13(19)14(20)9-18/h4-6,13-14,17,19-20H,7-9H2,1-3H3. The van der Waals surface area contributed by atoms with E-state index in [2.05, 4.69) is 48.1 Å². The molecule has 2 rings (SSSR count). The summed E-state index contributed by atoms with van der Waals surface area (Å²) < 4.78 is 1.04. The smallest absolute Gasteiger partial charge is 0.0990 e. The Labute approximate surface area is 128 Å². The van der Waals surface area contributed by atoms with Crippen LogP contribution in [0.4, 0.5) is 5.69 Å². The summed E-state index contributed by atoms with van der Waals surface area (Å²) in [7, 11) is 0. The molecule has 4 nitrogen and oxygen atoms in total. The van der Waals surface area contributed by atoms with E-state index in [4.69, 9.17) is 0 Å². The molecule has 112 valence electrons. The lowest BCUT2D eigenvalue weighted by atomic mass is 10.1. The van der Waals surface area contributed by atoms with E-state index in [1.807, 2.05) is 17.0 Å². The molecule has 0 radical (unpaired) electrons. The fourth-order valence-corrected chi connectivity index (χ4v) is 2.72. The molecule has 0 aromatic heterocycles. The van der Waals surface area contributed by atoms with Crippen molar-refractivity contribution in [1.82, 2.24) is 5.32 Å². The quantitative estimate of drug-likeness (QED) is 0.785. The summed E-state index contributed by atoms with van der Waals surface area (Å²) in [6.07, 6.45) is -1.31. The molecule has 0 bridgehead atoms. The van der Waals surface area contributed by atoms with Crippen LogP contribution in [0.2, 0.25) is 0 Å². The summed E-state index contributed by atoms with van der Waals surface area (Å²) in [5, 5.41) is 22.7. The van der Waals surface area contributed by atoms with Crippen LogP contribution < -0.4 is 10.2 Å². The van der Waals surface area contributed by atoms with Crippen LogP contribution >= 0.6 is 15.9 Å². The van der Waals surface area contributed by atoms with Crippen molar-refractivity contribution in [3.05, 3.63) is 28.2 Å². The van der Waals surface area contributed by atoms with Gasteiger partial charge in [-0.15, -0.1) is 0 Å². The highest BCUT2D eigenvalue weighted by atomic mass is 79.9. The van der Waals surface area contributed by atoms with Crippen molar-refractivity contribution < 1.29 is 10.2 Å². The van der Waals surface area contributed by atoms with Crippen LogP contribution in [-0.4, -0.2) is 41.0 Å². The number of anilines is 1. The molecule has 3 N–H and O–H groups in total. The van der Waals surface area contributed by atoms with E-state index in [-0.39, 0.29) is 5.54 Å². The number of nitrogens with one attached hydrogen (secondary N) is 1. The zero-order chi connectivity index (χ0) is 14.9. The van der Waals surface area contributed by atoms with Gasteiger partial charge in [0.25, 0.3) is 0 Å². The number of hydrogen-bond acceptors (Lipinski definition) is 4. The first-order valence-corrected chi connectivity index (χ1v) is 7.70. The minimum absolute atomic E-state index is 0.0846. The van der Waals surface area contributed by atoms with Gasteiger partial charge in [-0.25, -0.2) is 0 Å². The molecule has 1 aliphatic rings. The first kappa shape index (κ1) is 15.8. The molecule has 1 heterocycles. The topological polar surface area (TPSA) is 55.7 Å². The predicted molar refractivity (Wildman–Crippen MR) is 85.0 cm³/mol. The maximum Gasteiger partial charge on any atom is 0.0990 e. The molecule has 2 atom stereocenters. The zero-order valence-corrected chi connectivity index (χ0v) is 13.8. The van der Waals surface area contributed by atoms with Crippen molar-refractivity contribution >= 4 is 21.6 Å². The summed E-state index contributed by atoms with van der Waals surface area (Å²) in [4.78, 5) is 2.00. The third kappa shape index (κ3) is 3.95. The Bertz CT molecular complexity index is 463. The minimum atomic E-state index is -0.656. The molecular weight excluding hydrogens is 320 g/mol. The Kier molecular flexibility index (Phi) is 4.74. The largest absolute Gasteiger partial charge is 0.389 e. The van der Waals surface area contributed by atoms with Gasteiger partial charge >= 0.3 is 0 Å². The summed E-state index contributed by atoms with van der Waals surface area (Å²) in [5.74, 6) is 0. The molecule has 20 heavy (non-hydrogen) atoms. The van der Waals surface area contributed by atoms with E-state index in [0.29, 0.717) is 13.1 Å². The van der Waals surface area contributed by atoms with Crippen LogP contribution in [0.3, 0.4) is 0 Å². The fourth-order valence-electron chi connectivity index (χ4n) is 2.22. The van der Waals surface area contributed by atoms with E-state index in [1.165, 1.54) is 5.56 Å². The Morgan fingerprint density at radius 3 is 2.35 bits per heavy atom. The molecule has 1 aromatic rings. The van der Waals surface area contributed by atoms with Gasteiger partial charge in [-0.05, 0) is 38.5 Å². The van der Waals surface area contributed by atoms with Crippen molar-refractivity contribution in [2.45, 2.75) is 45.1 Å². The minimum Gasteiger partial charge on any atom is -0.389 e. The monoisotopic (exact) mass is 342 g/mol. The van der Waals surface area contributed by atoms with Crippen LogP contribution in [0.5, 0.6) is 0 Å². The molecule has 5 heteroatoms. The fraction of sp³-hybridized carbons (Fsp3) is 0.600. The average Bonchev–Trinajstić information content (AvgIpc) is 2.67. The highest BCUT2D eigenvalue weighted by molar-refractivity contribution is 9.10. The van der Waals surface area contributed by atoms with Crippen molar-refractivity contribution in [2.24, 2.45) is 0 Å². The highest BCUT2D eigenvalue weighted by Crippen LogP contribution is 2.27. The van der Waals surface area contributed by atoms with Gasteiger partial charge in [-0.3, -0.25) is 0 Å². The Hall–Kier alpha value is -0.620. The number of aliphatic hydroxyl groups is 2. The maximum atomic E-state index is 9.61. The first-order chi connectivity index (χ1) is 9.26. The maximum absolute atomic E-state index is 9.61. The van der Waals surface area contributed by atoms with Crippen LogP contribution in [-0.2, 0) is 6.54 Å². The van der Waals surface area contributed by atoms with Crippen molar-refractivity contribution in [3.8, 4) is 0 Å². The molecule has 0 amide bonds. The molecule has 1 fully saturated rings. The van der Waals surface area contributed by atoms with E-state index in [0.717, 1.165) is 16.7 Å². The SMILES string of the molecule is CC(C)(C)NCc1ccc(N2CC(O)C(O)C2)cc1Br. The van der Waals surface area contributed by atoms with Gasteiger partial charge < -0.3 is 20.4 Å². The van der Waals surface area contributed by atoms with Gasteiger partial charge in [-0.2, -0.15) is 0 Å². The van der Waals surface area contributed by atoms with Crippen LogP contribution in [0.15, 0.2) is 22.7 Å². The summed E-state index contributed by atoms with van der Waals surface area (Å²) >= 11 is 3.60. The van der Waals surface area contributed by atoms with Crippen LogP contribution in [0.25, 0.3) is 0 Å². The number of nitrogens with zero attached hydrogens (tertiary/aromatic N) is 1. The van der Waals surface area contributed by atoms with Gasteiger partial charge in [0, 0.05) is 35.3 Å². The lowest BCUT2D eigenvalue weighted by molar-refractivity contribution is 0.0572. The Morgan fingerprint density at radius 1 is 1.25 bits per heavy atom. The van der Waals surface area contributed by atoms with E-state index >= 15 is 0 Å². The van der Waals surface area contributed by atoms with Crippen LogP contribution in [0.1, 0.15) is 26.3 Å². The summed E-state index contributed by atoms with van der Waals surface area (Å²) in [6.45, 7) is 8.18. The van der Waals surface area contributed by atoms with Crippen molar-refractivity contribution in [1.29, 1.82) is 0 Å². The Balaban J connectivity index is 2.06. The third-order valence-corrected chi connectivity index (χ3v) is 4.21. The zero-order valence-electron chi connectivity index (χ0n) is 12.2. The highest BCUT2D eigenvalue weighted by Gasteiger charge is 2.29. The molecular formula is C15H23BrN2O2. The number of hydrogen-bond donors (Lipinski definition) is 3. The second-order valence-corrected chi connectivity index (χ2v) is 7.27. The van der Waals surface area contributed by atoms with E-state index in [9.17, 15) is 10.2 Å².